The molecule has 0 atom stereocenters. The van der Waals surface area contributed by atoms with E-state index in [9.17, 15) is 4.79 Å². The Bertz CT molecular complexity index is 1090. The molecule has 0 aliphatic heterocycles. The summed E-state index contributed by atoms with van der Waals surface area (Å²) >= 11 is 9.46. The lowest BCUT2D eigenvalue weighted by molar-refractivity contribution is -0.120. The number of rotatable bonds is 7. The second-order valence-electron chi connectivity index (χ2n) is 6.38. The predicted octanol–water partition coefficient (Wildman–Crippen LogP) is 5.25. The number of ether oxygens (including phenoxy) is 1. The van der Waals surface area contributed by atoms with Crippen molar-refractivity contribution in [1.29, 1.82) is 5.26 Å². The van der Waals surface area contributed by atoms with Crippen LogP contribution in [0.15, 0.2) is 76.3 Å². The maximum absolute atomic E-state index is 12.1. The van der Waals surface area contributed by atoms with Gasteiger partial charge in [-0.3, -0.25) is 4.79 Å². The summed E-state index contributed by atoms with van der Waals surface area (Å²) in [5.41, 5.74) is 5.56. The third-order valence-corrected chi connectivity index (χ3v) is 4.88. The highest BCUT2D eigenvalue weighted by Gasteiger charge is 2.06. The number of halogens is 2. The quantitative estimate of drug-likeness (QED) is 0.369. The largest absolute Gasteiger partial charge is 0.488 e. The summed E-state index contributed by atoms with van der Waals surface area (Å²) < 4.78 is 6.82. The number of nitrogens with one attached hydrogen (secondary N) is 1. The molecule has 0 saturated heterocycles. The van der Waals surface area contributed by atoms with Crippen molar-refractivity contribution in [1.82, 2.24) is 5.43 Å². The van der Waals surface area contributed by atoms with Crippen LogP contribution >= 0.6 is 27.5 Å². The third kappa shape index (κ3) is 6.45. The van der Waals surface area contributed by atoms with Gasteiger partial charge in [-0.05, 0) is 53.6 Å². The van der Waals surface area contributed by atoms with Gasteiger partial charge in [0.15, 0.2) is 0 Å². The number of carbonyl (C=O) groups is 1. The third-order valence-electron chi connectivity index (χ3n) is 4.12. The van der Waals surface area contributed by atoms with Crippen LogP contribution in [0.2, 0.25) is 5.02 Å². The Labute approximate surface area is 188 Å². The Balaban J connectivity index is 1.61. The zero-order valence-electron chi connectivity index (χ0n) is 15.8. The normalized spacial score (nSPS) is 10.6. The van der Waals surface area contributed by atoms with Gasteiger partial charge in [-0.15, -0.1) is 0 Å². The maximum Gasteiger partial charge on any atom is 0.244 e. The highest BCUT2D eigenvalue weighted by atomic mass is 79.9. The first kappa shape index (κ1) is 21.6. The van der Waals surface area contributed by atoms with E-state index in [-0.39, 0.29) is 12.3 Å². The van der Waals surface area contributed by atoms with Crippen LogP contribution in [0.3, 0.4) is 0 Å². The van der Waals surface area contributed by atoms with Gasteiger partial charge in [0, 0.05) is 15.1 Å². The molecule has 0 unspecified atom stereocenters. The van der Waals surface area contributed by atoms with Crippen LogP contribution < -0.4 is 10.2 Å². The topological polar surface area (TPSA) is 74.5 Å². The molecule has 0 fully saturated rings. The Morgan fingerprint density at radius 3 is 2.50 bits per heavy atom. The van der Waals surface area contributed by atoms with E-state index in [4.69, 9.17) is 21.6 Å². The van der Waals surface area contributed by atoms with Crippen molar-refractivity contribution in [3.8, 4) is 11.8 Å². The molecule has 0 aliphatic rings. The van der Waals surface area contributed by atoms with Gasteiger partial charge in [0.05, 0.1) is 24.3 Å². The first-order valence-electron chi connectivity index (χ1n) is 9.01. The average molecular weight is 483 g/mol. The number of amides is 1. The van der Waals surface area contributed by atoms with Crippen molar-refractivity contribution < 1.29 is 9.53 Å². The van der Waals surface area contributed by atoms with Crippen molar-refractivity contribution in [2.45, 2.75) is 13.0 Å². The lowest BCUT2D eigenvalue weighted by Crippen LogP contribution is -2.19. The molecular formula is C23H17BrClN3O2. The standard InChI is InChI=1S/C23H17BrClN3O2/c24-20-7-5-16(6-8-20)11-23(29)28-27-14-19-12-21(25)9-10-22(19)30-15-18-3-1-17(13-26)2-4-18/h1-10,12,14H,11,15H2,(H,28,29)/b27-14+. The molecule has 1 amide bonds. The smallest absolute Gasteiger partial charge is 0.244 e. The summed E-state index contributed by atoms with van der Waals surface area (Å²) in [7, 11) is 0. The minimum absolute atomic E-state index is 0.224. The number of benzene rings is 3. The number of hydrogen-bond donors (Lipinski definition) is 1. The van der Waals surface area contributed by atoms with Crippen LogP contribution in [-0.4, -0.2) is 12.1 Å². The molecule has 0 saturated carbocycles. The predicted molar refractivity (Wildman–Crippen MR) is 121 cm³/mol. The second kappa shape index (κ2) is 10.6. The molecule has 150 valence electrons. The molecule has 3 aromatic rings. The van der Waals surface area contributed by atoms with Crippen LogP contribution in [0.25, 0.3) is 0 Å². The number of nitrogens with zero attached hydrogens (tertiary/aromatic N) is 2. The molecule has 0 aromatic heterocycles. The van der Waals surface area contributed by atoms with Crippen LogP contribution in [0, 0.1) is 11.3 Å². The van der Waals surface area contributed by atoms with Gasteiger partial charge in [0.1, 0.15) is 12.4 Å². The molecule has 3 aromatic carbocycles. The summed E-state index contributed by atoms with van der Waals surface area (Å²) in [5, 5.41) is 13.4. The lowest BCUT2D eigenvalue weighted by Gasteiger charge is -2.10. The van der Waals surface area contributed by atoms with E-state index in [0.29, 0.717) is 28.5 Å². The van der Waals surface area contributed by atoms with E-state index in [1.165, 1.54) is 6.21 Å². The van der Waals surface area contributed by atoms with E-state index in [1.54, 1.807) is 30.3 Å². The Morgan fingerprint density at radius 2 is 1.80 bits per heavy atom. The molecule has 0 aliphatic carbocycles. The zero-order valence-corrected chi connectivity index (χ0v) is 18.2. The van der Waals surface area contributed by atoms with E-state index >= 15 is 0 Å². The fourth-order valence-corrected chi connectivity index (χ4v) is 3.03. The maximum atomic E-state index is 12.1. The molecule has 7 heteroatoms. The highest BCUT2D eigenvalue weighted by Crippen LogP contribution is 2.22. The van der Waals surface area contributed by atoms with E-state index in [1.807, 2.05) is 36.4 Å². The molecule has 30 heavy (non-hydrogen) atoms. The van der Waals surface area contributed by atoms with Gasteiger partial charge in [0.25, 0.3) is 0 Å². The molecule has 1 N–H and O–H groups in total. The number of nitriles is 1. The molecule has 0 heterocycles. The zero-order chi connectivity index (χ0) is 21.3. The van der Waals surface area contributed by atoms with Crippen LogP contribution in [0.5, 0.6) is 5.75 Å². The molecule has 5 nitrogen and oxygen atoms in total. The molecule has 0 radical (unpaired) electrons. The minimum Gasteiger partial charge on any atom is -0.488 e. The van der Waals surface area contributed by atoms with Gasteiger partial charge in [-0.25, -0.2) is 5.43 Å². The average Bonchev–Trinajstić information content (AvgIpc) is 2.75. The highest BCUT2D eigenvalue weighted by molar-refractivity contribution is 9.10. The van der Waals surface area contributed by atoms with Gasteiger partial charge in [-0.1, -0.05) is 51.8 Å². The summed E-state index contributed by atoms with van der Waals surface area (Å²) in [4.78, 5) is 12.1. The van der Waals surface area contributed by atoms with E-state index in [0.717, 1.165) is 15.6 Å². The Hall–Kier alpha value is -3.14. The summed E-state index contributed by atoms with van der Waals surface area (Å²) in [5.74, 6) is 0.352. The molecular weight excluding hydrogens is 466 g/mol. The summed E-state index contributed by atoms with van der Waals surface area (Å²) in [6, 6.07) is 21.9. The Kier molecular flexibility index (Phi) is 7.61. The monoisotopic (exact) mass is 481 g/mol. The van der Waals surface area contributed by atoms with Gasteiger partial charge in [0.2, 0.25) is 5.91 Å². The van der Waals surface area contributed by atoms with Crippen LogP contribution in [0.4, 0.5) is 0 Å². The lowest BCUT2D eigenvalue weighted by atomic mass is 10.1. The van der Waals surface area contributed by atoms with Crippen molar-refractivity contribution in [3.05, 3.63) is 98.5 Å². The van der Waals surface area contributed by atoms with E-state index in [2.05, 4.69) is 32.5 Å². The Morgan fingerprint density at radius 1 is 1.10 bits per heavy atom. The van der Waals surface area contributed by atoms with Gasteiger partial charge < -0.3 is 4.74 Å². The fourth-order valence-electron chi connectivity index (χ4n) is 2.59. The van der Waals surface area contributed by atoms with Gasteiger partial charge >= 0.3 is 0 Å². The SMILES string of the molecule is N#Cc1ccc(COc2ccc(Cl)cc2/C=N/NC(=O)Cc2ccc(Br)cc2)cc1. The molecule has 0 spiro atoms. The first-order valence-corrected chi connectivity index (χ1v) is 10.2. The molecule has 0 bridgehead atoms. The van der Waals surface area contributed by atoms with Crippen LogP contribution in [-0.2, 0) is 17.8 Å². The summed E-state index contributed by atoms with van der Waals surface area (Å²) in [6.07, 6.45) is 1.72. The van der Waals surface area contributed by atoms with Crippen molar-refractivity contribution >= 4 is 39.7 Å². The first-order chi connectivity index (χ1) is 14.5. The number of hydrogen-bond acceptors (Lipinski definition) is 4. The minimum atomic E-state index is -0.226. The number of carbonyl (C=O) groups excluding carboxylic acids is 1. The van der Waals surface area contributed by atoms with E-state index < -0.39 is 0 Å². The van der Waals surface area contributed by atoms with Crippen LogP contribution in [0.1, 0.15) is 22.3 Å². The number of hydrazone groups is 1. The second-order valence-corrected chi connectivity index (χ2v) is 7.73. The van der Waals surface area contributed by atoms with Crippen molar-refractivity contribution in [2.24, 2.45) is 5.10 Å². The van der Waals surface area contributed by atoms with Crippen molar-refractivity contribution in [2.75, 3.05) is 0 Å². The van der Waals surface area contributed by atoms with Crippen molar-refractivity contribution in [3.63, 3.8) is 0 Å². The summed E-state index contributed by atoms with van der Waals surface area (Å²) in [6.45, 7) is 0.324. The van der Waals surface area contributed by atoms with Gasteiger partial charge in [-0.2, -0.15) is 10.4 Å². The molecule has 3 rings (SSSR count). The fraction of sp³-hybridized carbons (Fsp3) is 0.0870.